The van der Waals surface area contributed by atoms with Crippen LogP contribution in [0.15, 0.2) is 24.7 Å². The third-order valence-corrected chi connectivity index (χ3v) is 3.50. The molecular formula is C12H12ClN5O2. The van der Waals surface area contributed by atoms with Gasteiger partial charge in [0, 0.05) is 24.5 Å². The lowest BCUT2D eigenvalue weighted by atomic mass is 10.2. The number of aromatic nitrogens is 4. The molecule has 8 heteroatoms. The molecule has 3 rings (SSSR count). The molecular weight excluding hydrogens is 282 g/mol. The van der Waals surface area contributed by atoms with Gasteiger partial charge in [-0.15, -0.1) is 5.10 Å². The second-order valence-electron chi connectivity index (χ2n) is 4.66. The van der Waals surface area contributed by atoms with E-state index in [1.54, 1.807) is 29.3 Å². The number of carboxylic acids is 1. The molecule has 0 saturated carbocycles. The van der Waals surface area contributed by atoms with Crippen LogP contribution in [-0.4, -0.2) is 43.6 Å². The summed E-state index contributed by atoms with van der Waals surface area (Å²) >= 11 is 5.89. The van der Waals surface area contributed by atoms with Crippen LogP contribution in [0.5, 0.6) is 0 Å². The maximum Gasteiger partial charge on any atom is 0.320 e. The van der Waals surface area contributed by atoms with E-state index < -0.39 is 12.0 Å². The lowest BCUT2D eigenvalue weighted by Gasteiger charge is -2.06. The second kappa shape index (κ2) is 5.18. The zero-order valence-corrected chi connectivity index (χ0v) is 11.2. The van der Waals surface area contributed by atoms with Crippen LogP contribution in [-0.2, 0) is 4.79 Å². The lowest BCUT2D eigenvalue weighted by Crippen LogP contribution is -2.29. The van der Waals surface area contributed by atoms with Crippen molar-refractivity contribution in [1.29, 1.82) is 0 Å². The third-order valence-electron chi connectivity index (χ3n) is 3.29. The van der Waals surface area contributed by atoms with Gasteiger partial charge in [-0.3, -0.25) is 9.78 Å². The number of aliphatic carboxylic acids is 1. The number of rotatable bonds is 3. The van der Waals surface area contributed by atoms with E-state index in [0.29, 0.717) is 23.7 Å². The standard InChI is InChI=1S/C12H12ClN5O2/c13-8-1-7(3-14-4-8)11-6-18(17-16-11)9-2-10(12(19)20)15-5-9/h1,3-4,6,9-10,15H,2,5H2,(H,19,20)/t9-,10-/m0/s1. The Balaban J connectivity index is 1.79. The molecule has 104 valence electrons. The van der Waals surface area contributed by atoms with Gasteiger partial charge in [-0.2, -0.15) is 0 Å². The maximum atomic E-state index is 10.9. The summed E-state index contributed by atoms with van der Waals surface area (Å²) in [5.41, 5.74) is 1.45. The van der Waals surface area contributed by atoms with Crippen molar-refractivity contribution in [3.63, 3.8) is 0 Å². The highest BCUT2D eigenvalue weighted by molar-refractivity contribution is 6.30. The first-order valence-corrected chi connectivity index (χ1v) is 6.50. The average molecular weight is 294 g/mol. The molecule has 20 heavy (non-hydrogen) atoms. The van der Waals surface area contributed by atoms with Gasteiger partial charge in [-0.25, -0.2) is 4.68 Å². The number of carboxylic acid groups (broad SMARTS) is 1. The van der Waals surface area contributed by atoms with Crippen LogP contribution in [0.3, 0.4) is 0 Å². The van der Waals surface area contributed by atoms with Gasteiger partial charge in [-0.05, 0) is 12.5 Å². The minimum absolute atomic E-state index is 0.00973. The summed E-state index contributed by atoms with van der Waals surface area (Å²) in [6, 6.07) is 1.22. The Morgan fingerprint density at radius 3 is 3.05 bits per heavy atom. The first-order chi connectivity index (χ1) is 9.63. The van der Waals surface area contributed by atoms with Crippen LogP contribution in [0.4, 0.5) is 0 Å². The number of nitrogens with zero attached hydrogens (tertiary/aromatic N) is 4. The molecule has 7 nitrogen and oxygen atoms in total. The van der Waals surface area contributed by atoms with Crippen LogP contribution in [0.1, 0.15) is 12.5 Å². The molecule has 0 bridgehead atoms. The SMILES string of the molecule is O=C(O)[C@@H]1C[C@H](n2cc(-c3cncc(Cl)c3)nn2)CN1. The second-order valence-corrected chi connectivity index (χ2v) is 5.10. The predicted octanol–water partition coefficient (Wildman–Crippen LogP) is 0.981. The Bertz CT molecular complexity index is 644. The summed E-state index contributed by atoms with van der Waals surface area (Å²) < 4.78 is 1.69. The van der Waals surface area contributed by atoms with Gasteiger partial charge in [0.25, 0.3) is 0 Å². The first-order valence-electron chi connectivity index (χ1n) is 6.12. The van der Waals surface area contributed by atoms with Crippen molar-refractivity contribution in [1.82, 2.24) is 25.3 Å². The fourth-order valence-electron chi connectivity index (χ4n) is 2.25. The van der Waals surface area contributed by atoms with E-state index in [1.165, 1.54) is 0 Å². The van der Waals surface area contributed by atoms with Crippen LogP contribution < -0.4 is 5.32 Å². The highest BCUT2D eigenvalue weighted by atomic mass is 35.5. The molecule has 0 spiro atoms. The summed E-state index contributed by atoms with van der Waals surface area (Å²) in [6.45, 7) is 0.563. The number of hydrogen-bond acceptors (Lipinski definition) is 5. The van der Waals surface area contributed by atoms with Crippen LogP contribution in [0.25, 0.3) is 11.3 Å². The number of carbonyl (C=O) groups is 1. The van der Waals surface area contributed by atoms with Crippen LogP contribution in [0.2, 0.25) is 5.02 Å². The number of pyridine rings is 1. The van der Waals surface area contributed by atoms with E-state index in [4.69, 9.17) is 16.7 Å². The quantitative estimate of drug-likeness (QED) is 0.876. The molecule has 2 atom stereocenters. The Hall–Kier alpha value is -1.99. The monoisotopic (exact) mass is 293 g/mol. The smallest absolute Gasteiger partial charge is 0.320 e. The fourth-order valence-corrected chi connectivity index (χ4v) is 2.42. The van der Waals surface area contributed by atoms with E-state index in [0.717, 1.165) is 5.56 Å². The molecule has 2 N–H and O–H groups in total. The van der Waals surface area contributed by atoms with Crippen molar-refractivity contribution in [3.05, 3.63) is 29.7 Å². The summed E-state index contributed by atoms with van der Waals surface area (Å²) in [5.74, 6) is -0.841. The van der Waals surface area contributed by atoms with E-state index in [9.17, 15) is 4.79 Å². The number of nitrogens with one attached hydrogen (secondary N) is 1. The number of hydrogen-bond donors (Lipinski definition) is 2. The molecule has 0 unspecified atom stereocenters. The Labute approximate surface area is 119 Å². The molecule has 1 saturated heterocycles. The first kappa shape index (κ1) is 13.0. The summed E-state index contributed by atoms with van der Waals surface area (Å²) in [7, 11) is 0. The molecule has 2 aromatic rings. The number of halogens is 1. The van der Waals surface area contributed by atoms with Gasteiger partial charge < -0.3 is 10.4 Å². The molecule has 0 aromatic carbocycles. The van der Waals surface area contributed by atoms with E-state index in [2.05, 4.69) is 20.6 Å². The minimum Gasteiger partial charge on any atom is -0.480 e. The topological polar surface area (TPSA) is 92.9 Å². The van der Waals surface area contributed by atoms with Gasteiger partial charge in [0.05, 0.1) is 17.3 Å². The molecule has 1 fully saturated rings. The summed E-state index contributed by atoms with van der Waals surface area (Å²) in [6.07, 6.45) is 5.48. The van der Waals surface area contributed by atoms with Gasteiger partial charge >= 0.3 is 5.97 Å². The van der Waals surface area contributed by atoms with Crippen LogP contribution in [0, 0.1) is 0 Å². The Kier molecular flexibility index (Phi) is 3.37. The lowest BCUT2D eigenvalue weighted by molar-refractivity contribution is -0.139. The van der Waals surface area contributed by atoms with Crippen molar-refractivity contribution in [3.8, 4) is 11.3 Å². The molecule has 2 aromatic heterocycles. The van der Waals surface area contributed by atoms with Gasteiger partial charge in [0.15, 0.2) is 0 Å². The highest BCUT2D eigenvalue weighted by Crippen LogP contribution is 2.23. The highest BCUT2D eigenvalue weighted by Gasteiger charge is 2.30. The van der Waals surface area contributed by atoms with Crippen LogP contribution >= 0.6 is 11.6 Å². The van der Waals surface area contributed by atoms with Gasteiger partial charge in [0.1, 0.15) is 11.7 Å². The zero-order valence-electron chi connectivity index (χ0n) is 10.4. The predicted molar refractivity (Wildman–Crippen MR) is 71.3 cm³/mol. The molecule has 0 aliphatic carbocycles. The van der Waals surface area contributed by atoms with E-state index in [-0.39, 0.29) is 6.04 Å². The van der Waals surface area contributed by atoms with Crippen molar-refractivity contribution >= 4 is 17.6 Å². The maximum absolute atomic E-state index is 10.9. The molecule has 1 aliphatic rings. The van der Waals surface area contributed by atoms with Crippen molar-refractivity contribution < 1.29 is 9.90 Å². The normalized spacial score (nSPS) is 22.1. The van der Waals surface area contributed by atoms with E-state index >= 15 is 0 Å². The van der Waals surface area contributed by atoms with Crippen molar-refractivity contribution in [2.24, 2.45) is 0 Å². The van der Waals surface area contributed by atoms with Crippen molar-refractivity contribution in [2.75, 3.05) is 6.54 Å². The Morgan fingerprint density at radius 2 is 2.35 bits per heavy atom. The van der Waals surface area contributed by atoms with Crippen molar-refractivity contribution in [2.45, 2.75) is 18.5 Å². The molecule has 0 radical (unpaired) electrons. The summed E-state index contributed by atoms with van der Waals surface area (Å²) in [4.78, 5) is 14.9. The molecule has 0 amide bonds. The zero-order chi connectivity index (χ0) is 14.1. The minimum atomic E-state index is -0.841. The fraction of sp³-hybridized carbons (Fsp3) is 0.333. The van der Waals surface area contributed by atoms with Gasteiger partial charge in [0.2, 0.25) is 0 Å². The molecule has 3 heterocycles. The van der Waals surface area contributed by atoms with E-state index in [1.807, 2.05) is 0 Å². The third kappa shape index (κ3) is 2.50. The Morgan fingerprint density at radius 1 is 1.50 bits per heavy atom. The average Bonchev–Trinajstić information content (AvgIpc) is 3.08. The van der Waals surface area contributed by atoms with Gasteiger partial charge in [-0.1, -0.05) is 16.8 Å². The largest absolute Gasteiger partial charge is 0.480 e. The molecule has 1 aliphatic heterocycles. The summed E-state index contributed by atoms with van der Waals surface area (Å²) in [5, 5.41) is 20.6.